The summed E-state index contributed by atoms with van der Waals surface area (Å²) in [7, 11) is 2.36. The first-order chi connectivity index (χ1) is 10.3. The molecule has 0 amide bonds. The van der Waals surface area contributed by atoms with Crippen molar-refractivity contribution in [2.45, 2.75) is 76.7 Å². The van der Waals surface area contributed by atoms with Crippen LogP contribution < -0.4 is 0 Å². The van der Waals surface area contributed by atoms with Gasteiger partial charge in [0.2, 0.25) is 0 Å². The number of hydrogen-bond acceptors (Lipinski definition) is 2. The van der Waals surface area contributed by atoms with Crippen molar-refractivity contribution < 1.29 is 0 Å². The van der Waals surface area contributed by atoms with Gasteiger partial charge in [-0.05, 0) is 76.3 Å². The molecule has 0 aromatic heterocycles. The molecule has 21 heavy (non-hydrogen) atoms. The number of likely N-dealkylation sites (tertiary alicyclic amines) is 1. The van der Waals surface area contributed by atoms with Crippen molar-refractivity contribution in [3.8, 4) is 0 Å². The van der Waals surface area contributed by atoms with E-state index in [1.807, 2.05) is 0 Å². The number of piperidine rings is 1. The largest absolute Gasteiger partial charge is 0.302 e. The van der Waals surface area contributed by atoms with Gasteiger partial charge in [-0.15, -0.1) is 0 Å². The highest BCUT2D eigenvalue weighted by molar-refractivity contribution is 5.89. The minimum absolute atomic E-state index is 0.755. The quantitative estimate of drug-likeness (QED) is 0.690. The van der Waals surface area contributed by atoms with Gasteiger partial charge in [0.05, 0.1) is 0 Å². The number of nitrogens with zero attached hydrogens (tertiary/aromatic N) is 2. The Labute approximate surface area is 129 Å². The molecule has 3 atom stereocenters. The molecule has 0 aromatic carbocycles. The number of rotatable bonds is 1. The van der Waals surface area contributed by atoms with Gasteiger partial charge in [0, 0.05) is 29.9 Å². The highest BCUT2D eigenvalue weighted by Crippen LogP contribution is 2.40. The van der Waals surface area contributed by atoms with Gasteiger partial charge in [0.1, 0.15) is 0 Å². The Morgan fingerprint density at radius 3 is 2.76 bits per heavy atom. The third kappa shape index (κ3) is 2.72. The molecule has 1 saturated carbocycles. The van der Waals surface area contributed by atoms with Crippen LogP contribution in [0.5, 0.6) is 0 Å². The fourth-order valence-corrected chi connectivity index (χ4v) is 5.37. The molecule has 2 aliphatic heterocycles. The summed E-state index contributed by atoms with van der Waals surface area (Å²) in [6, 6.07) is 0.878. The van der Waals surface area contributed by atoms with Crippen molar-refractivity contribution >= 4 is 5.71 Å². The maximum absolute atomic E-state index is 5.17. The Morgan fingerprint density at radius 1 is 0.952 bits per heavy atom. The molecule has 1 saturated heterocycles. The number of aliphatic imine (C=N–C) groups is 1. The first kappa shape index (κ1) is 14.0. The lowest BCUT2D eigenvalue weighted by molar-refractivity contribution is 0.0668. The summed E-state index contributed by atoms with van der Waals surface area (Å²) in [6.07, 6.45) is 15.2. The Balaban J connectivity index is 1.51. The first-order valence-corrected chi connectivity index (χ1v) is 9.30. The maximum atomic E-state index is 5.17. The van der Waals surface area contributed by atoms with Crippen LogP contribution >= 0.6 is 0 Å². The zero-order valence-corrected chi connectivity index (χ0v) is 13.6. The minimum atomic E-state index is 0.755. The summed E-state index contributed by atoms with van der Waals surface area (Å²) in [5, 5.41) is 0. The van der Waals surface area contributed by atoms with Crippen molar-refractivity contribution in [2.75, 3.05) is 13.6 Å². The van der Waals surface area contributed by atoms with E-state index in [1.54, 1.807) is 11.3 Å². The lowest BCUT2D eigenvalue weighted by atomic mass is 9.73. The molecule has 0 radical (unpaired) electrons. The van der Waals surface area contributed by atoms with E-state index in [2.05, 4.69) is 11.9 Å². The molecule has 0 N–H and O–H groups in total. The van der Waals surface area contributed by atoms with Gasteiger partial charge in [-0.25, -0.2) is 0 Å². The van der Waals surface area contributed by atoms with Crippen LogP contribution in [-0.4, -0.2) is 30.2 Å². The van der Waals surface area contributed by atoms with Crippen molar-refractivity contribution in [3.05, 3.63) is 11.3 Å². The molecule has 2 heteroatoms. The lowest BCUT2D eigenvalue weighted by Gasteiger charge is -2.46. The molecule has 0 bridgehead atoms. The second kappa shape index (κ2) is 5.87. The second-order valence-electron chi connectivity index (χ2n) is 7.84. The van der Waals surface area contributed by atoms with Crippen LogP contribution in [0.3, 0.4) is 0 Å². The van der Waals surface area contributed by atoms with E-state index in [1.165, 1.54) is 82.9 Å². The van der Waals surface area contributed by atoms with Crippen LogP contribution in [0.25, 0.3) is 0 Å². The molecule has 4 rings (SSSR count). The van der Waals surface area contributed by atoms with Crippen LogP contribution in [0, 0.1) is 11.8 Å². The molecule has 2 nitrogen and oxygen atoms in total. The normalized spacial score (nSPS) is 37.8. The Hall–Kier alpha value is -0.630. The van der Waals surface area contributed by atoms with Gasteiger partial charge < -0.3 is 4.90 Å². The first-order valence-electron chi connectivity index (χ1n) is 9.30. The highest BCUT2D eigenvalue weighted by Gasteiger charge is 2.37. The van der Waals surface area contributed by atoms with Crippen LogP contribution in [0.1, 0.15) is 70.6 Å². The Bertz CT molecular complexity index is 462. The van der Waals surface area contributed by atoms with Crippen molar-refractivity contribution in [1.29, 1.82) is 0 Å². The summed E-state index contributed by atoms with van der Waals surface area (Å²) in [6.45, 7) is 1.27. The van der Waals surface area contributed by atoms with Crippen LogP contribution in [0.4, 0.5) is 0 Å². The predicted octanol–water partition coefficient (Wildman–Crippen LogP) is 4.56. The zero-order chi connectivity index (χ0) is 14.2. The smallest absolute Gasteiger partial charge is 0.0395 e. The van der Waals surface area contributed by atoms with Gasteiger partial charge >= 0.3 is 0 Å². The molecular formula is C19H30N2. The number of allylic oxidation sites excluding steroid dienone is 2. The molecule has 116 valence electrons. The van der Waals surface area contributed by atoms with Crippen molar-refractivity contribution in [2.24, 2.45) is 16.8 Å². The monoisotopic (exact) mass is 286 g/mol. The third-order valence-electron chi connectivity index (χ3n) is 6.51. The summed E-state index contributed by atoms with van der Waals surface area (Å²) in [5.41, 5.74) is 4.76. The summed E-state index contributed by atoms with van der Waals surface area (Å²) in [4.78, 5) is 7.84. The van der Waals surface area contributed by atoms with E-state index in [0.717, 1.165) is 17.9 Å². The molecule has 2 fully saturated rings. The fraction of sp³-hybridized carbons (Fsp3) is 0.842. The van der Waals surface area contributed by atoms with Crippen LogP contribution in [0.15, 0.2) is 16.3 Å². The molecular weight excluding hydrogens is 256 g/mol. The molecule has 4 aliphatic rings. The molecule has 2 heterocycles. The number of hydrogen-bond donors (Lipinski definition) is 0. The Kier molecular flexibility index (Phi) is 3.91. The van der Waals surface area contributed by atoms with E-state index in [4.69, 9.17) is 4.99 Å². The van der Waals surface area contributed by atoms with E-state index < -0.39 is 0 Å². The van der Waals surface area contributed by atoms with Crippen molar-refractivity contribution in [1.82, 2.24) is 4.90 Å². The van der Waals surface area contributed by atoms with E-state index in [0.29, 0.717) is 0 Å². The van der Waals surface area contributed by atoms with Crippen molar-refractivity contribution in [3.63, 3.8) is 0 Å². The second-order valence-corrected chi connectivity index (χ2v) is 7.84. The summed E-state index contributed by atoms with van der Waals surface area (Å²) < 4.78 is 0. The lowest BCUT2D eigenvalue weighted by Crippen LogP contribution is -2.49. The Morgan fingerprint density at radius 2 is 1.81 bits per heavy atom. The average molecular weight is 286 g/mol. The van der Waals surface area contributed by atoms with Gasteiger partial charge in [-0.2, -0.15) is 0 Å². The number of fused-ring (bicyclic) bond motifs is 1. The van der Waals surface area contributed by atoms with Gasteiger partial charge in [0.15, 0.2) is 0 Å². The van der Waals surface area contributed by atoms with Gasteiger partial charge in [0.25, 0.3) is 0 Å². The molecule has 3 unspecified atom stereocenters. The minimum Gasteiger partial charge on any atom is -0.302 e. The zero-order valence-electron chi connectivity index (χ0n) is 13.6. The molecule has 2 aliphatic carbocycles. The summed E-state index contributed by atoms with van der Waals surface area (Å²) in [5.74, 6) is 1.71. The topological polar surface area (TPSA) is 15.6 Å². The van der Waals surface area contributed by atoms with Gasteiger partial charge in [-0.3, -0.25) is 4.99 Å². The molecule has 0 aromatic rings. The average Bonchev–Trinajstić information content (AvgIpc) is 2.54. The summed E-state index contributed by atoms with van der Waals surface area (Å²) >= 11 is 0. The highest BCUT2D eigenvalue weighted by atomic mass is 15.1. The fourth-order valence-electron chi connectivity index (χ4n) is 5.37. The SMILES string of the molecule is CN1CC(C2=NC3=C(CCCC3)CC2)CC2CCCCC21. The third-order valence-corrected chi connectivity index (χ3v) is 6.51. The maximum Gasteiger partial charge on any atom is 0.0395 e. The van der Waals surface area contributed by atoms with Gasteiger partial charge in [-0.1, -0.05) is 12.8 Å². The van der Waals surface area contributed by atoms with E-state index in [9.17, 15) is 0 Å². The molecule has 0 spiro atoms. The van der Waals surface area contributed by atoms with Crippen LogP contribution in [-0.2, 0) is 0 Å². The standard InChI is InChI=1S/C19H30N2/c1-21-13-16(12-15-7-3-5-9-19(15)21)18-11-10-14-6-2-4-8-17(14)20-18/h15-16,19H,2-13H2,1H3. The van der Waals surface area contributed by atoms with E-state index >= 15 is 0 Å². The van der Waals surface area contributed by atoms with E-state index in [-0.39, 0.29) is 0 Å². The predicted molar refractivity (Wildman–Crippen MR) is 88.6 cm³/mol. The van der Waals surface area contributed by atoms with Crippen LogP contribution in [0.2, 0.25) is 0 Å².